The van der Waals surface area contributed by atoms with E-state index in [1.54, 1.807) is 0 Å². The van der Waals surface area contributed by atoms with E-state index in [1.165, 1.54) is 17.5 Å². The smallest absolute Gasteiger partial charge is 0.0594 e. The van der Waals surface area contributed by atoms with Crippen molar-refractivity contribution in [1.29, 1.82) is 0 Å². The van der Waals surface area contributed by atoms with Gasteiger partial charge in [0.05, 0.1) is 13.2 Å². The van der Waals surface area contributed by atoms with Crippen molar-refractivity contribution >= 4 is 0 Å². The zero-order valence-electron chi connectivity index (χ0n) is 13.0. The summed E-state index contributed by atoms with van der Waals surface area (Å²) < 4.78 is 5.45. The van der Waals surface area contributed by atoms with Gasteiger partial charge in [-0.1, -0.05) is 24.3 Å². The van der Waals surface area contributed by atoms with E-state index < -0.39 is 0 Å². The molecule has 2 saturated heterocycles. The van der Waals surface area contributed by atoms with Crippen LogP contribution in [0.25, 0.3) is 0 Å². The minimum atomic E-state index is 0.524. The molecule has 116 valence electrons. The van der Waals surface area contributed by atoms with Crippen LogP contribution in [0.1, 0.15) is 23.6 Å². The van der Waals surface area contributed by atoms with E-state index in [9.17, 15) is 0 Å². The van der Waals surface area contributed by atoms with Crippen LogP contribution in [0.4, 0.5) is 0 Å². The number of hydrogen-bond donors (Lipinski definition) is 1. The summed E-state index contributed by atoms with van der Waals surface area (Å²) in [6, 6.07) is 9.44. The molecule has 0 radical (unpaired) electrons. The maximum atomic E-state index is 5.88. The third kappa shape index (κ3) is 3.46. The molecule has 0 bridgehead atoms. The molecule has 4 nitrogen and oxygen atoms in total. The Bertz CT molecular complexity index is 459. The second kappa shape index (κ2) is 6.88. The van der Waals surface area contributed by atoms with Gasteiger partial charge in [-0.3, -0.25) is 9.80 Å². The van der Waals surface area contributed by atoms with Gasteiger partial charge in [-0.2, -0.15) is 0 Å². The third-order valence-electron chi connectivity index (χ3n) is 4.88. The van der Waals surface area contributed by atoms with Gasteiger partial charge >= 0.3 is 0 Å². The van der Waals surface area contributed by atoms with E-state index in [0.29, 0.717) is 12.0 Å². The van der Waals surface area contributed by atoms with Crippen molar-refractivity contribution in [2.24, 2.45) is 11.7 Å². The van der Waals surface area contributed by atoms with Crippen LogP contribution in [0, 0.1) is 5.92 Å². The number of morpholine rings is 1. The van der Waals surface area contributed by atoms with Gasteiger partial charge in [-0.25, -0.2) is 0 Å². The van der Waals surface area contributed by atoms with E-state index in [4.69, 9.17) is 10.5 Å². The molecule has 0 aromatic heterocycles. The highest BCUT2D eigenvalue weighted by Gasteiger charge is 2.31. The number of rotatable bonds is 4. The zero-order valence-corrected chi connectivity index (χ0v) is 13.0. The fraction of sp³-hybridized carbons (Fsp3) is 0.647. The fourth-order valence-corrected chi connectivity index (χ4v) is 3.64. The van der Waals surface area contributed by atoms with Crippen LogP contribution in [0.2, 0.25) is 0 Å². The lowest BCUT2D eigenvalue weighted by molar-refractivity contribution is 0.0339. The first kappa shape index (κ1) is 15.0. The second-order valence-electron chi connectivity index (χ2n) is 6.38. The van der Waals surface area contributed by atoms with Gasteiger partial charge in [0.25, 0.3) is 0 Å². The molecular weight excluding hydrogens is 262 g/mol. The largest absolute Gasteiger partial charge is 0.379 e. The molecule has 1 aromatic carbocycles. The normalized spacial score (nSPS) is 28.1. The molecule has 4 heteroatoms. The van der Waals surface area contributed by atoms with Gasteiger partial charge in [0.15, 0.2) is 0 Å². The summed E-state index contributed by atoms with van der Waals surface area (Å²) in [5.41, 5.74) is 8.83. The van der Waals surface area contributed by atoms with E-state index in [1.807, 2.05) is 0 Å². The summed E-state index contributed by atoms with van der Waals surface area (Å²) >= 11 is 0. The SMILES string of the molecule is CN1CC(CN)CC1c1ccccc1CN1CCOCC1. The van der Waals surface area contributed by atoms with Gasteiger partial charge in [-0.05, 0) is 37.1 Å². The lowest BCUT2D eigenvalue weighted by Gasteiger charge is -2.29. The van der Waals surface area contributed by atoms with E-state index in [0.717, 1.165) is 45.9 Å². The Balaban J connectivity index is 1.76. The van der Waals surface area contributed by atoms with Crippen molar-refractivity contribution in [3.63, 3.8) is 0 Å². The number of hydrogen-bond acceptors (Lipinski definition) is 4. The van der Waals surface area contributed by atoms with Crippen molar-refractivity contribution in [3.05, 3.63) is 35.4 Å². The fourth-order valence-electron chi connectivity index (χ4n) is 3.64. The number of likely N-dealkylation sites (tertiary alicyclic amines) is 1. The van der Waals surface area contributed by atoms with Crippen LogP contribution in [-0.4, -0.2) is 56.2 Å². The van der Waals surface area contributed by atoms with E-state index in [-0.39, 0.29) is 0 Å². The summed E-state index contributed by atoms with van der Waals surface area (Å²) in [6.45, 7) is 6.76. The maximum Gasteiger partial charge on any atom is 0.0594 e. The first-order valence-electron chi connectivity index (χ1n) is 8.06. The van der Waals surface area contributed by atoms with Gasteiger partial charge in [0, 0.05) is 32.2 Å². The molecule has 2 unspecified atom stereocenters. The minimum absolute atomic E-state index is 0.524. The zero-order chi connectivity index (χ0) is 14.7. The Hall–Kier alpha value is -0.940. The van der Waals surface area contributed by atoms with Crippen molar-refractivity contribution in [2.45, 2.75) is 19.0 Å². The second-order valence-corrected chi connectivity index (χ2v) is 6.38. The summed E-state index contributed by atoms with van der Waals surface area (Å²) in [5, 5.41) is 0. The number of benzene rings is 1. The molecule has 1 aromatic rings. The lowest BCUT2D eigenvalue weighted by Crippen LogP contribution is -2.36. The van der Waals surface area contributed by atoms with Crippen molar-refractivity contribution in [1.82, 2.24) is 9.80 Å². The number of ether oxygens (including phenoxy) is 1. The van der Waals surface area contributed by atoms with Crippen LogP contribution in [0.3, 0.4) is 0 Å². The summed E-state index contributed by atoms with van der Waals surface area (Å²) in [4.78, 5) is 4.97. The molecule has 2 fully saturated rings. The van der Waals surface area contributed by atoms with Crippen LogP contribution < -0.4 is 5.73 Å². The summed E-state index contributed by atoms with van der Waals surface area (Å²) in [5.74, 6) is 0.636. The highest BCUT2D eigenvalue weighted by atomic mass is 16.5. The Morgan fingerprint density at radius 3 is 2.71 bits per heavy atom. The molecule has 2 heterocycles. The topological polar surface area (TPSA) is 41.7 Å². The molecule has 2 aliphatic heterocycles. The minimum Gasteiger partial charge on any atom is -0.379 e. The van der Waals surface area contributed by atoms with Gasteiger partial charge in [-0.15, -0.1) is 0 Å². The Kier molecular flexibility index (Phi) is 4.91. The van der Waals surface area contributed by atoms with Gasteiger partial charge in [0.1, 0.15) is 0 Å². The standard InChI is InChI=1S/C17H27N3O/c1-19-12-14(11-18)10-17(19)16-5-3-2-4-15(16)13-20-6-8-21-9-7-20/h2-5,14,17H,6-13,18H2,1H3. The summed E-state index contributed by atoms with van der Waals surface area (Å²) in [7, 11) is 2.23. The molecule has 0 spiro atoms. The molecule has 0 amide bonds. The number of nitrogens with zero attached hydrogens (tertiary/aromatic N) is 2. The average Bonchev–Trinajstić information content (AvgIpc) is 2.90. The van der Waals surface area contributed by atoms with Crippen LogP contribution in [0.15, 0.2) is 24.3 Å². The van der Waals surface area contributed by atoms with Crippen molar-refractivity contribution in [3.8, 4) is 0 Å². The molecule has 21 heavy (non-hydrogen) atoms. The molecule has 2 atom stereocenters. The molecular formula is C17H27N3O. The van der Waals surface area contributed by atoms with E-state index >= 15 is 0 Å². The lowest BCUT2D eigenvalue weighted by atomic mass is 9.95. The van der Waals surface area contributed by atoms with Crippen molar-refractivity contribution < 1.29 is 4.74 Å². The maximum absolute atomic E-state index is 5.88. The third-order valence-corrected chi connectivity index (χ3v) is 4.88. The number of nitrogens with two attached hydrogens (primary N) is 1. The molecule has 2 aliphatic rings. The van der Waals surface area contributed by atoms with Crippen LogP contribution in [-0.2, 0) is 11.3 Å². The summed E-state index contributed by atoms with van der Waals surface area (Å²) in [6.07, 6.45) is 1.19. The molecule has 2 N–H and O–H groups in total. The monoisotopic (exact) mass is 289 g/mol. The predicted molar refractivity (Wildman–Crippen MR) is 85.1 cm³/mol. The Morgan fingerprint density at radius 1 is 1.24 bits per heavy atom. The van der Waals surface area contributed by atoms with Crippen molar-refractivity contribution in [2.75, 3.05) is 46.4 Å². The average molecular weight is 289 g/mol. The first-order valence-corrected chi connectivity index (χ1v) is 8.06. The predicted octanol–water partition coefficient (Wildman–Crippen LogP) is 1.47. The highest BCUT2D eigenvalue weighted by Crippen LogP contribution is 2.35. The Morgan fingerprint density at radius 2 is 2.00 bits per heavy atom. The highest BCUT2D eigenvalue weighted by molar-refractivity contribution is 5.31. The molecule has 0 saturated carbocycles. The molecule has 3 rings (SSSR count). The van der Waals surface area contributed by atoms with Crippen LogP contribution in [0.5, 0.6) is 0 Å². The van der Waals surface area contributed by atoms with E-state index in [2.05, 4.69) is 41.1 Å². The molecule has 0 aliphatic carbocycles. The van der Waals surface area contributed by atoms with Gasteiger partial charge < -0.3 is 10.5 Å². The quantitative estimate of drug-likeness (QED) is 0.911. The first-order chi connectivity index (χ1) is 10.3. The Labute approximate surface area is 127 Å². The van der Waals surface area contributed by atoms with Crippen LogP contribution >= 0.6 is 0 Å². The van der Waals surface area contributed by atoms with Gasteiger partial charge in [0.2, 0.25) is 0 Å².